The van der Waals surface area contributed by atoms with Gasteiger partial charge in [0.2, 0.25) is 0 Å². The van der Waals surface area contributed by atoms with Crippen molar-refractivity contribution in [3.63, 3.8) is 0 Å². The number of pyridine rings is 2. The summed E-state index contributed by atoms with van der Waals surface area (Å²) in [5.74, 6) is 0. The van der Waals surface area contributed by atoms with Crippen LogP contribution < -0.4 is 0 Å². The number of hydrogen-bond acceptors (Lipinski definition) is 5. The van der Waals surface area contributed by atoms with E-state index in [-0.39, 0.29) is 0 Å². The smallest absolute Gasteiger partial charge is 0.116 e. The third-order valence-electron chi connectivity index (χ3n) is 7.13. The van der Waals surface area contributed by atoms with Crippen molar-refractivity contribution in [3.8, 4) is 33.0 Å². The number of aromatic amines is 2. The second-order valence-electron chi connectivity index (χ2n) is 9.56. The standard InChI is InChI=1S/C29H26N6S/c1-2-8-35(9-3-1)18-19-11-21(15-30-14-19)20-6-7-25-23(12-20)29(34-33-25)26-13-22-24(28-5-4-10-36-28)16-31-17-27(22)32-26/h4-7,10-17,32H,1-3,8-9,18H2,(H,33,34). The molecule has 7 rings (SSSR count). The van der Waals surface area contributed by atoms with Gasteiger partial charge in [-0.1, -0.05) is 18.6 Å². The average Bonchev–Trinajstić information content (AvgIpc) is 3.68. The third-order valence-corrected chi connectivity index (χ3v) is 8.04. The average molecular weight is 491 g/mol. The molecule has 0 radical (unpaired) electrons. The molecule has 6 nitrogen and oxygen atoms in total. The fraction of sp³-hybridized carbons (Fsp3) is 0.207. The minimum atomic E-state index is 0.914. The Hall–Kier alpha value is -3.81. The van der Waals surface area contributed by atoms with Crippen molar-refractivity contribution in [2.45, 2.75) is 25.8 Å². The Labute approximate surface area is 213 Å². The molecular weight excluding hydrogens is 464 g/mol. The van der Waals surface area contributed by atoms with Crippen molar-refractivity contribution in [2.24, 2.45) is 0 Å². The van der Waals surface area contributed by atoms with Gasteiger partial charge in [0.1, 0.15) is 5.69 Å². The van der Waals surface area contributed by atoms with Crippen LogP contribution in [0.5, 0.6) is 0 Å². The molecule has 0 saturated carbocycles. The van der Waals surface area contributed by atoms with Gasteiger partial charge in [-0.3, -0.25) is 20.0 Å². The number of nitrogens with zero attached hydrogens (tertiary/aromatic N) is 4. The number of rotatable bonds is 5. The molecular formula is C29H26N6S. The second kappa shape index (κ2) is 9.00. The van der Waals surface area contributed by atoms with Crippen LogP contribution in [0.3, 0.4) is 0 Å². The summed E-state index contributed by atoms with van der Waals surface area (Å²) >= 11 is 1.73. The van der Waals surface area contributed by atoms with Crippen LogP contribution in [0.4, 0.5) is 0 Å². The predicted molar refractivity (Wildman–Crippen MR) is 147 cm³/mol. The predicted octanol–water partition coefficient (Wildman–Crippen LogP) is 6.88. The van der Waals surface area contributed by atoms with Gasteiger partial charge < -0.3 is 4.98 Å². The van der Waals surface area contributed by atoms with Crippen molar-refractivity contribution in [3.05, 3.63) is 78.2 Å². The van der Waals surface area contributed by atoms with Gasteiger partial charge in [0.15, 0.2) is 0 Å². The van der Waals surface area contributed by atoms with Crippen LogP contribution in [0, 0.1) is 0 Å². The number of fused-ring (bicyclic) bond motifs is 2. The number of benzene rings is 1. The summed E-state index contributed by atoms with van der Waals surface area (Å²) in [6.45, 7) is 3.33. The quantitative estimate of drug-likeness (QED) is 0.276. The molecule has 1 aliphatic rings. The molecule has 7 heteroatoms. The second-order valence-corrected chi connectivity index (χ2v) is 10.5. The van der Waals surface area contributed by atoms with E-state index in [1.54, 1.807) is 11.3 Å². The fourth-order valence-corrected chi connectivity index (χ4v) is 6.06. The topological polar surface area (TPSA) is 73.5 Å². The summed E-state index contributed by atoms with van der Waals surface area (Å²) in [4.78, 5) is 16.3. The SMILES string of the molecule is c1csc(-c2cncc3[nH]c(-c4n[nH]c5ccc(-c6cncc(CN7CCCCC7)c6)cc45)cc23)c1. The number of H-pyrrole nitrogens is 2. The first-order valence-electron chi connectivity index (χ1n) is 12.5. The Bertz CT molecular complexity index is 1660. The lowest BCUT2D eigenvalue weighted by molar-refractivity contribution is 0.220. The van der Waals surface area contributed by atoms with Gasteiger partial charge in [0.25, 0.3) is 0 Å². The lowest BCUT2D eigenvalue weighted by Gasteiger charge is -2.26. The zero-order chi connectivity index (χ0) is 23.9. The molecule has 6 aromatic rings. The summed E-state index contributed by atoms with van der Waals surface area (Å²) in [6, 6.07) is 15.2. The van der Waals surface area contributed by atoms with Crippen molar-refractivity contribution < 1.29 is 0 Å². The van der Waals surface area contributed by atoms with E-state index >= 15 is 0 Å². The first kappa shape index (κ1) is 21.5. The molecule has 6 heterocycles. The van der Waals surface area contributed by atoms with Crippen LogP contribution in [0.15, 0.2) is 72.6 Å². The van der Waals surface area contributed by atoms with E-state index in [1.165, 1.54) is 42.8 Å². The van der Waals surface area contributed by atoms with E-state index < -0.39 is 0 Å². The van der Waals surface area contributed by atoms with Gasteiger partial charge in [-0.25, -0.2) is 0 Å². The first-order chi connectivity index (χ1) is 17.8. The highest BCUT2D eigenvalue weighted by Gasteiger charge is 2.16. The van der Waals surface area contributed by atoms with Gasteiger partial charge in [-0.2, -0.15) is 5.10 Å². The van der Waals surface area contributed by atoms with Gasteiger partial charge in [0.05, 0.1) is 22.9 Å². The van der Waals surface area contributed by atoms with Crippen LogP contribution >= 0.6 is 11.3 Å². The van der Waals surface area contributed by atoms with E-state index in [1.807, 2.05) is 24.8 Å². The molecule has 178 valence electrons. The van der Waals surface area contributed by atoms with Crippen molar-refractivity contribution in [1.29, 1.82) is 0 Å². The van der Waals surface area contributed by atoms with E-state index in [0.717, 1.165) is 56.4 Å². The first-order valence-corrected chi connectivity index (χ1v) is 13.4. The van der Waals surface area contributed by atoms with Gasteiger partial charge >= 0.3 is 0 Å². The minimum absolute atomic E-state index is 0.914. The van der Waals surface area contributed by atoms with Gasteiger partial charge in [0, 0.05) is 51.9 Å². The lowest BCUT2D eigenvalue weighted by Crippen LogP contribution is -2.29. The minimum Gasteiger partial charge on any atom is -0.352 e. The van der Waals surface area contributed by atoms with Crippen LogP contribution in [-0.4, -0.2) is 43.1 Å². The highest BCUT2D eigenvalue weighted by molar-refractivity contribution is 7.13. The molecule has 1 aliphatic heterocycles. The molecule has 1 fully saturated rings. The summed E-state index contributed by atoms with van der Waals surface area (Å²) in [5, 5.41) is 12.2. The Morgan fingerprint density at radius 2 is 1.75 bits per heavy atom. The maximum absolute atomic E-state index is 4.69. The molecule has 0 bridgehead atoms. The highest BCUT2D eigenvalue weighted by atomic mass is 32.1. The highest BCUT2D eigenvalue weighted by Crippen LogP contribution is 2.36. The van der Waals surface area contributed by atoms with Crippen LogP contribution in [-0.2, 0) is 6.54 Å². The molecule has 0 spiro atoms. The fourth-order valence-electron chi connectivity index (χ4n) is 5.31. The Kier molecular flexibility index (Phi) is 5.37. The van der Waals surface area contributed by atoms with Crippen LogP contribution in [0.1, 0.15) is 24.8 Å². The molecule has 0 unspecified atom stereocenters. The van der Waals surface area contributed by atoms with Crippen molar-refractivity contribution in [1.82, 2.24) is 30.0 Å². The molecule has 1 aromatic carbocycles. The van der Waals surface area contributed by atoms with Crippen molar-refractivity contribution >= 4 is 33.1 Å². The number of piperidine rings is 1. The summed E-state index contributed by atoms with van der Waals surface area (Å²) in [7, 11) is 0. The zero-order valence-corrected chi connectivity index (χ0v) is 20.7. The monoisotopic (exact) mass is 490 g/mol. The Morgan fingerprint density at radius 1 is 0.833 bits per heavy atom. The Morgan fingerprint density at radius 3 is 2.64 bits per heavy atom. The Balaban J connectivity index is 1.26. The zero-order valence-electron chi connectivity index (χ0n) is 19.9. The molecule has 0 aliphatic carbocycles. The van der Waals surface area contributed by atoms with E-state index in [9.17, 15) is 0 Å². The maximum Gasteiger partial charge on any atom is 0.116 e. The van der Waals surface area contributed by atoms with E-state index in [0.29, 0.717) is 0 Å². The molecule has 2 N–H and O–H groups in total. The van der Waals surface area contributed by atoms with Crippen LogP contribution in [0.2, 0.25) is 0 Å². The largest absolute Gasteiger partial charge is 0.352 e. The number of likely N-dealkylation sites (tertiary alicyclic amines) is 1. The number of aromatic nitrogens is 5. The van der Waals surface area contributed by atoms with Gasteiger partial charge in [-0.15, -0.1) is 11.3 Å². The van der Waals surface area contributed by atoms with Gasteiger partial charge in [-0.05, 0) is 72.8 Å². The number of thiophene rings is 1. The molecule has 36 heavy (non-hydrogen) atoms. The van der Waals surface area contributed by atoms with E-state index in [2.05, 4.69) is 77.9 Å². The molecule has 5 aromatic heterocycles. The number of hydrogen-bond donors (Lipinski definition) is 2. The summed E-state index contributed by atoms with van der Waals surface area (Å²) < 4.78 is 0. The maximum atomic E-state index is 4.69. The van der Waals surface area contributed by atoms with Crippen LogP contribution in [0.25, 0.3) is 54.8 Å². The molecule has 0 amide bonds. The number of nitrogens with one attached hydrogen (secondary N) is 2. The van der Waals surface area contributed by atoms with E-state index in [4.69, 9.17) is 0 Å². The normalized spacial score (nSPS) is 14.7. The summed E-state index contributed by atoms with van der Waals surface area (Å²) in [5.41, 5.74) is 8.62. The lowest BCUT2D eigenvalue weighted by atomic mass is 10.0. The third kappa shape index (κ3) is 3.90. The van der Waals surface area contributed by atoms with Crippen molar-refractivity contribution in [2.75, 3.05) is 13.1 Å². The molecule has 1 saturated heterocycles. The summed E-state index contributed by atoms with van der Waals surface area (Å²) in [6.07, 6.45) is 11.7. The molecule has 0 atom stereocenters.